The van der Waals surface area contributed by atoms with E-state index in [2.05, 4.69) is 24.1 Å². The SMILES string of the molecule is CCCC(C)(CNC(=O)OCc1ccccc1)c1cc(Cl)nc(-c2ccc(F)cc2)c1. The third-order valence-corrected chi connectivity index (χ3v) is 5.46. The predicted octanol–water partition coefficient (Wildman–Crippen LogP) is 6.53. The quantitative estimate of drug-likeness (QED) is 0.405. The van der Waals surface area contributed by atoms with Gasteiger partial charge in [0.15, 0.2) is 0 Å². The number of aromatic nitrogens is 1. The molecule has 3 rings (SSSR count). The lowest BCUT2D eigenvalue weighted by atomic mass is 9.78. The second-order valence-corrected chi connectivity index (χ2v) is 8.18. The molecule has 0 radical (unpaired) electrons. The number of carbonyl (C=O) groups is 1. The van der Waals surface area contributed by atoms with Gasteiger partial charge in [0.1, 0.15) is 17.6 Å². The maximum atomic E-state index is 13.3. The zero-order chi connectivity index (χ0) is 22.3. The van der Waals surface area contributed by atoms with Crippen molar-refractivity contribution in [1.82, 2.24) is 10.3 Å². The number of rotatable bonds is 8. The minimum atomic E-state index is -0.468. The molecule has 4 nitrogen and oxygen atoms in total. The van der Waals surface area contributed by atoms with Gasteiger partial charge in [0.2, 0.25) is 0 Å². The van der Waals surface area contributed by atoms with Gasteiger partial charge < -0.3 is 10.1 Å². The maximum Gasteiger partial charge on any atom is 0.407 e. The fourth-order valence-corrected chi connectivity index (χ4v) is 3.75. The Morgan fingerprint density at radius 2 is 1.84 bits per heavy atom. The van der Waals surface area contributed by atoms with Crippen molar-refractivity contribution in [2.24, 2.45) is 0 Å². The summed E-state index contributed by atoms with van der Waals surface area (Å²) in [6.45, 7) is 4.77. The zero-order valence-electron chi connectivity index (χ0n) is 17.7. The van der Waals surface area contributed by atoms with Crippen molar-refractivity contribution in [3.63, 3.8) is 0 Å². The topological polar surface area (TPSA) is 51.2 Å². The lowest BCUT2D eigenvalue weighted by molar-refractivity contribution is 0.137. The van der Waals surface area contributed by atoms with E-state index in [1.165, 1.54) is 12.1 Å². The van der Waals surface area contributed by atoms with E-state index in [4.69, 9.17) is 16.3 Å². The van der Waals surface area contributed by atoms with Gasteiger partial charge in [0.05, 0.1) is 5.69 Å². The normalized spacial score (nSPS) is 12.8. The minimum absolute atomic E-state index is 0.215. The molecule has 0 aliphatic carbocycles. The van der Waals surface area contributed by atoms with Gasteiger partial charge in [0.25, 0.3) is 0 Å². The number of nitrogens with zero attached hydrogens (tertiary/aromatic N) is 1. The molecule has 1 atom stereocenters. The Hall–Kier alpha value is -2.92. The van der Waals surface area contributed by atoms with Crippen LogP contribution in [0.25, 0.3) is 11.3 Å². The average molecular weight is 441 g/mol. The Balaban J connectivity index is 1.75. The number of ether oxygens (including phenoxy) is 1. The van der Waals surface area contributed by atoms with Gasteiger partial charge in [-0.1, -0.05) is 62.2 Å². The molecule has 162 valence electrons. The van der Waals surface area contributed by atoms with Crippen molar-refractivity contribution in [3.05, 3.63) is 88.8 Å². The van der Waals surface area contributed by atoms with Gasteiger partial charge in [-0.3, -0.25) is 0 Å². The molecule has 6 heteroatoms. The van der Waals surface area contributed by atoms with E-state index in [1.807, 2.05) is 42.5 Å². The third-order valence-electron chi connectivity index (χ3n) is 5.27. The molecule has 0 saturated carbocycles. The smallest absolute Gasteiger partial charge is 0.407 e. The first-order valence-electron chi connectivity index (χ1n) is 10.3. The number of hydrogen-bond donors (Lipinski definition) is 1. The molecule has 1 unspecified atom stereocenters. The van der Waals surface area contributed by atoms with E-state index in [-0.39, 0.29) is 17.8 Å². The summed E-state index contributed by atoms with van der Waals surface area (Å²) in [5.41, 5.74) is 2.95. The van der Waals surface area contributed by atoms with E-state index in [0.717, 1.165) is 29.5 Å². The molecule has 31 heavy (non-hydrogen) atoms. The zero-order valence-corrected chi connectivity index (χ0v) is 18.5. The number of amides is 1. The summed E-state index contributed by atoms with van der Waals surface area (Å²) in [7, 11) is 0. The van der Waals surface area contributed by atoms with Gasteiger partial charge in [-0.15, -0.1) is 0 Å². The van der Waals surface area contributed by atoms with Crippen molar-refractivity contribution in [2.75, 3.05) is 6.54 Å². The number of alkyl carbamates (subject to hydrolysis) is 1. The van der Waals surface area contributed by atoms with E-state index in [1.54, 1.807) is 12.1 Å². The van der Waals surface area contributed by atoms with Crippen molar-refractivity contribution in [1.29, 1.82) is 0 Å². The van der Waals surface area contributed by atoms with Crippen LogP contribution in [0.2, 0.25) is 5.15 Å². The Morgan fingerprint density at radius 1 is 1.13 bits per heavy atom. The van der Waals surface area contributed by atoms with Crippen LogP contribution in [0.4, 0.5) is 9.18 Å². The third kappa shape index (κ3) is 6.28. The molecule has 0 fully saturated rings. The summed E-state index contributed by atoms with van der Waals surface area (Å²) in [5.74, 6) is -0.306. The van der Waals surface area contributed by atoms with E-state index < -0.39 is 6.09 Å². The van der Waals surface area contributed by atoms with Crippen LogP contribution in [0.5, 0.6) is 0 Å². The molecular formula is C25H26ClFN2O2. The molecule has 1 amide bonds. The van der Waals surface area contributed by atoms with Gasteiger partial charge in [-0.2, -0.15) is 0 Å². The highest BCUT2D eigenvalue weighted by atomic mass is 35.5. The fourth-order valence-electron chi connectivity index (χ4n) is 3.54. The summed E-state index contributed by atoms with van der Waals surface area (Å²) in [6.07, 6.45) is 1.28. The number of hydrogen-bond acceptors (Lipinski definition) is 3. The summed E-state index contributed by atoms with van der Waals surface area (Å²) in [5, 5.41) is 3.24. The lowest BCUT2D eigenvalue weighted by Crippen LogP contribution is -2.39. The van der Waals surface area contributed by atoms with Crippen LogP contribution in [0.3, 0.4) is 0 Å². The minimum Gasteiger partial charge on any atom is -0.445 e. The Kier molecular flexibility index (Phi) is 7.64. The van der Waals surface area contributed by atoms with Gasteiger partial charge >= 0.3 is 6.09 Å². The molecule has 0 saturated heterocycles. The van der Waals surface area contributed by atoms with Crippen LogP contribution in [-0.2, 0) is 16.8 Å². The predicted molar refractivity (Wildman–Crippen MR) is 122 cm³/mol. The standard InChI is InChI=1S/C25H26ClFN2O2/c1-3-13-25(2,17-28-24(30)31-16-18-7-5-4-6-8-18)20-14-22(29-23(26)15-20)19-9-11-21(27)12-10-19/h4-12,14-15H,3,13,16-17H2,1-2H3,(H,28,30). The van der Waals surface area contributed by atoms with Gasteiger partial charge in [-0.25, -0.2) is 14.2 Å². The van der Waals surface area contributed by atoms with Crippen LogP contribution < -0.4 is 5.32 Å². The molecule has 0 spiro atoms. The van der Waals surface area contributed by atoms with E-state index in [9.17, 15) is 9.18 Å². The molecule has 2 aromatic carbocycles. The highest BCUT2D eigenvalue weighted by Gasteiger charge is 2.28. The molecule has 3 aromatic rings. The maximum absolute atomic E-state index is 13.3. The van der Waals surface area contributed by atoms with E-state index in [0.29, 0.717) is 17.4 Å². The molecule has 1 heterocycles. The van der Waals surface area contributed by atoms with Crippen molar-refractivity contribution in [3.8, 4) is 11.3 Å². The molecule has 1 aromatic heterocycles. The number of pyridine rings is 1. The highest BCUT2D eigenvalue weighted by molar-refractivity contribution is 6.29. The molecule has 0 bridgehead atoms. The van der Waals surface area contributed by atoms with Crippen LogP contribution in [0.15, 0.2) is 66.7 Å². The first kappa shape index (κ1) is 22.8. The molecule has 0 aliphatic heterocycles. The van der Waals surface area contributed by atoms with Gasteiger partial charge in [-0.05, 0) is 53.9 Å². The fraction of sp³-hybridized carbons (Fsp3) is 0.280. The van der Waals surface area contributed by atoms with Crippen LogP contribution in [0, 0.1) is 5.82 Å². The number of halogens is 2. The summed E-state index contributed by atoms with van der Waals surface area (Å²) >= 11 is 6.32. The Labute approximate surface area is 187 Å². The second-order valence-electron chi connectivity index (χ2n) is 7.80. The van der Waals surface area contributed by atoms with E-state index >= 15 is 0 Å². The van der Waals surface area contributed by atoms with Gasteiger partial charge in [0, 0.05) is 17.5 Å². The molecule has 0 aliphatic rings. The number of benzene rings is 2. The van der Waals surface area contributed by atoms with Crippen LogP contribution in [-0.4, -0.2) is 17.6 Å². The number of carbonyl (C=O) groups excluding carboxylic acids is 1. The average Bonchev–Trinajstić information content (AvgIpc) is 2.77. The Morgan fingerprint density at radius 3 is 2.52 bits per heavy atom. The van der Waals surface area contributed by atoms with Crippen molar-refractivity contribution in [2.45, 2.75) is 38.7 Å². The summed E-state index contributed by atoms with van der Waals surface area (Å²) < 4.78 is 18.6. The first-order valence-corrected chi connectivity index (χ1v) is 10.7. The van der Waals surface area contributed by atoms with Crippen molar-refractivity contribution < 1.29 is 13.9 Å². The second kappa shape index (κ2) is 10.4. The number of nitrogens with one attached hydrogen (secondary N) is 1. The Bertz CT molecular complexity index is 1010. The van der Waals surface area contributed by atoms with Crippen molar-refractivity contribution >= 4 is 17.7 Å². The van der Waals surface area contributed by atoms with Crippen LogP contribution in [0.1, 0.15) is 37.8 Å². The summed E-state index contributed by atoms with van der Waals surface area (Å²) in [6, 6.07) is 19.5. The largest absolute Gasteiger partial charge is 0.445 e. The lowest BCUT2D eigenvalue weighted by Gasteiger charge is -2.30. The van der Waals surface area contributed by atoms with Crippen LogP contribution >= 0.6 is 11.6 Å². The summed E-state index contributed by atoms with van der Waals surface area (Å²) in [4.78, 5) is 16.7. The first-order chi connectivity index (χ1) is 14.9. The highest BCUT2D eigenvalue weighted by Crippen LogP contribution is 2.33. The monoisotopic (exact) mass is 440 g/mol. The molecule has 1 N–H and O–H groups in total. The molecular weight excluding hydrogens is 415 g/mol.